The van der Waals surface area contributed by atoms with Gasteiger partial charge in [0, 0.05) is 30.6 Å². The molecule has 1 saturated heterocycles. The van der Waals surface area contributed by atoms with Gasteiger partial charge in [-0.25, -0.2) is 0 Å². The van der Waals surface area contributed by atoms with Gasteiger partial charge in [-0.3, -0.25) is 4.79 Å². The topological polar surface area (TPSA) is 58.4 Å². The van der Waals surface area contributed by atoms with Crippen LogP contribution in [0.25, 0.3) is 0 Å². The van der Waals surface area contributed by atoms with Crippen molar-refractivity contribution in [2.75, 3.05) is 42.3 Å². The molecule has 1 fully saturated rings. The molecular weight excluding hydrogens is 322 g/mol. The van der Waals surface area contributed by atoms with Gasteiger partial charge in [-0.05, 0) is 19.6 Å². The zero-order valence-electron chi connectivity index (χ0n) is 12.8. The van der Waals surface area contributed by atoms with Gasteiger partial charge in [0.25, 0.3) is 5.91 Å². The van der Waals surface area contributed by atoms with Crippen LogP contribution < -0.4 is 16.0 Å². The van der Waals surface area contributed by atoms with Gasteiger partial charge in [0.05, 0.1) is 10.6 Å². The van der Waals surface area contributed by atoms with Gasteiger partial charge in [-0.1, -0.05) is 6.92 Å². The number of amides is 1. The van der Waals surface area contributed by atoms with E-state index in [-0.39, 0.29) is 5.91 Å². The van der Waals surface area contributed by atoms with Crippen molar-refractivity contribution in [2.24, 2.45) is 0 Å². The minimum absolute atomic E-state index is 0.0556. The Bertz CT molecular complexity index is 504. The fourth-order valence-corrected chi connectivity index (χ4v) is 5.70. The Kier molecular flexibility index (Phi) is 6.13. The Labute approximate surface area is 139 Å². The SMILES string of the molecule is CCNC(=O)c1sc(N2CCSC(CC)C2)c(SC)c1N. The molecule has 4 nitrogen and oxygen atoms in total. The summed E-state index contributed by atoms with van der Waals surface area (Å²) in [6, 6.07) is 0. The minimum Gasteiger partial charge on any atom is -0.396 e. The molecule has 0 spiro atoms. The van der Waals surface area contributed by atoms with Gasteiger partial charge in [-0.2, -0.15) is 11.8 Å². The first kappa shape index (κ1) is 16.8. The van der Waals surface area contributed by atoms with Crippen molar-refractivity contribution in [3.63, 3.8) is 0 Å². The average molecular weight is 346 g/mol. The predicted octanol–water partition coefficient (Wildman–Crippen LogP) is 3.13. The quantitative estimate of drug-likeness (QED) is 0.803. The maximum atomic E-state index is 12.1. The summed E-state index contributed by atoms with van der Waals surface area (Å²) in [6.45, 7) is 6.86. The van der Waals surface area contributed by atoms with E-state index in [1.165, 1.54) is 22.8 Å². The molecular formula is C14H23N3OS3. The summed E-state index contributed by atoms with van der Waals surface area (Å²) in [5.41, 5.74) is 6.86. The van der Waals surface area contributed by atoms with E-state index in [2.05, 4.69) is 17.1 Å². The van der Waals surface area contributed by atoms with Crippen molar-refractivity contribution in [2.45, 2.75) is 30.4 Å². The maximum absolute atomic E-state index is 12.1. The highest BCUT2D eigenvalue weighted by atomic mass is 32.2. The molecule has 118 valence electrons. The van der Waals surface area contributed by atoms with Gasteiger partial charge in [0.15, 0.2) is 0 Å². The smallest absolute Gasteiger partial charge is 0.263 e. The van der Waals surface area contributed by atoms with E-state index < -0.39 is 0 Å². The number of carbonyl (C=O) groups is 1. The lowest BCUT2D eigenvalue weighted by atomic mass is 10.3. The largest absolute Gasteiger partial charge is 0.396 e. The van der Waals surface area contributed by atoms with E-state index in [0.29, 0.717) is 22.4 Å². The normalized spacial score (nSPS) is 18.8. The zero-order chi connectivity index (χ0) is 15.4. The number of nitrogen functional groups attached to an aromatic ring is 1. The Hall–Kier alpha value is -0.530. The standard InChI is InChI=1S/C14H23N3OS3/c1-4-9-8-17(6-7-20-9)14-12(19-3)10(15)11(21-14)13(18)16-5-2/h9H,4-8,15H2,1-3H3,(H,16,18). The molecule has 1 atom stereocenters. The number of carbonyl (C=O) groups excluding carboxylic acids is 1. The first-order valence-electron chi connectivity index (χ1n) is 7.23. The molecule has 0 bridgehead atoms. The number of thioether (sulfide) groups is 2. The third kappa shape index (κ3) is 3.63. The molecule has 0 radical (unpaired) electrons. The second-order valence-electron chi connectivity index (χ2n) is 4.89. The highest BCUT2D eigenvalue weighted by Gasteiger charge is 2.27. The Morgan fingerprint density at radius 3 is 2.90 bits per heavy atom. The van der Waals surface area contributed by atoms with Crippen LogP contribution in [-0.2, 0) is 0 Å². The molecule has 2 heterocycles. The van der Waals surface area contributed by atoms with E-state index in [9.17, 15) is 4.79 Å². The molecule has 21 heavy (non-hydrogen) atoms. The number of hydrogen-bond acceptors (Lipinski definition) is 6. The number of rotatable bonds is 5. The van der Waals surface area contributed by atoms with Crippen LogP contribution in [0.3, 0.4) is 0 Å². The first-order chi connectivity index (χ1) is 10.1. The summed E-state index contributed by atoms with van der Waals surface area (Å²) >= 11 is 5.22. The summed E-state index contributed by atoms with van der Waals surface area (Å²) in [5.74, 6) is 1.08. The average Bonchev–Trinajstić information content (AvgIpc) is 2.84. The maximum Gasteiger partial charge on any atom is 0.263 e. The summed E-state index contributed by atoms with van der Waals surface area (Å²) in [5, 5.41) is 4.69. The van der Waals surface area contributed by atoms with Crippen LogP contribution in [0.5, 0.6) is 0 Å². The molecule has 1 amide bonds. The van der Waals surface area contributed by atoms with Gasteiger partial charge in [-0.15, -0.1) is 23.1 Å². The summed E-state index contributed by atoms with van der Waals surface area (Å²) in [6.07, 6.45) is 3.21. The van der Waals surface area contributed by atoms with E-state index in [4.69, 9.17) is 5.73 Å². The van der Waals surface area contributed by atoms with Crippen LogP contribution >= 0.6 is 34.9 Å². The number of nitrogens with zero attached hydrogens (tertiary/aromatic N) is 1. The number of thiophene rings is 1. The minimum atomic E-state index is -0.0556. The highest BCUT2D eigenvalue weighted by molar-refractivity contribution is 8.00. The fourth-order valence-electron chi connectivity index (χ4n) is 2.38. The van der Waals surface area contributed by atoms with Gasteiger partial charge >= 0.3 is 0 Å². The molecule has 1 aliphatic rings. The number of nitrogens with two attached hydrogens (primary N) is 1. The van der Waals surface area contributed by atoms with Crippen molar-refractivity contribution < 1.29 is 4.79 Å². The molecule has 1 aromatic rings. The van der Waals surface area contributed by atoms with E-state index in [0.717, 1.165) is 23.7 Å². The van der Waals surface area contributed by atoms with Crippen molar-refractivity contribution in [1.82, 2.24) is 5.32 Å². The number of hydrogen-bond donors (Lipinski definition) is 2. The number of anilines is 2. The summed E-state index contributed by atoms with van der Waals surface area (Å²) in [7, 11) is 0. The Morgan fingerprint density at radius 2 is 2.29 bits per heavy atom. The summed E-state index contributed by atoms with van der Waals surface area (Å²) < 4.78 is 0. The van der Waals surface area contributed by atoms with E-state index in [1.807, 2.05) is 24.9 Å². The predicted molar refractivity (Wildman–Crippen MR) is 97.3 cm³/mol. The fraction of sp³-hybridized carbons (Fsp3) is 0.643. The molecule has 0 aliphatic carbocycles. The lowest BCUT2D eigenvalue weighted by Crippen LogP contribution is -2.37. The van der Waals surface area contributed by atoms with Gasteiger partial charge < -0.3 is 16.0 Å². The molecule has 1 unspecified atom stereocenters. The van der Waals surface area contributed by atoms with Crippen LogP contribution in [0.15, 0.2) is 4.90 Å². The van der Waals surface area contributed by atoms with Crippen molar-refractivity contribution in [1.29, 1.82) is 0 Å². The first-order valence-corrected chi connectivity index (χ1v) is 10.3. The van der Waals surface area contributed by atoms with Crippen LogP contribution in [0, 0.1) is 0 Å². The Morgan fingerprint density at radius 1 is 1.52 bits per heavy atom. The monoisotopic (exact) mass is 345 g/mol. The molecule has 1 aromatic heterocycles. The lowest BCUT2D eigenvalue weighted by Gasteiger charge is -2.33. The molecule has 3 N–H and O–H groups in total. The zero-order valence-corrected chi connectivity index (χ0v) is 15.2. The molecule has 2 rings (SSSR count). The third-order valence-electron chi connectivity index (χ3n) is 3.51. The lowest BCUT2D eigenvalue weighted by molar-refractivity contribution is 0.0960. The van der Waals surface area contributed by atoms with E-state index in [1.54, 1.807) is 11.8 Å². The second-order valence-corrected chi connectivity index (χ2v) is 8.11. The van der Waals surface area contributed by atoms with Crippen molar-refractivity contribution in [3.05, 3.63) is 4.88 Å². The van der Waals surface area contributed by atoms with Crippen molar-refractivity contribution in [3.8, 4) is 0 Å². The van der Waals surface area contributed by atoms with Crippen LogP contribution in [0.4, 0.5) is 10.7 Å². The second kappa shape index (κ2) is 7.65. The van der Waals surface area contributed by atoms with Gasteiger partial charge in [0.1, 0.15) is 9.88 Å². The Balaban J connectivity index is 2.30. The third-order valence-corrected chi connectivity index (χ3v) is 7.10. The van der Waals surface area contributed by atoms with Crippen LogP contribution in [0.2, 0.25) is 0 Å². The molecule has 0 saturated carbocycles. The van der Waals surface area contributed by atoms with E-state index >= 15 is 0 Å². The molecule has 7 heteroatoms. The summed E-state index contributed by atoms with van der Waals surface area (Å²) in [4.78, 5) is 16.3. The van der Waals surface area contributed by atoms with Crippen LogP contribution in [0.1, 0.15) is 29.9 Å². The van der Waals surface area contributed by atoms with Crippen LogP contribution in [-0.4, -0.2) is 42.8 Å². The van der Waals surface area contributed by atoms with Gasteiger partial charge in [0.2, 0.25) is 0 Å². The highest BCUT2D eigenvalue weighted by Crippen LogP contribution is 2.45. The molecule has 0 aromatic carbocycles. The van der Waals surface area contributed by atoms with Crippen molar-refractivity contribution >= 4 is 51.5 Å². The molecule has 1 aliphatic heterocycles. The number of nitrogens with one attached hydrogen (secondary N) is 1.